The zero-order valence-corrected chi connectivity index (χ0v) is 12.1. The zero-order chi connectivity index (χ0) is 14.4. The minimum atomic E-state index is -0.103. The number of hydrogen-bond acceptors (Lipinski definition) is 2. The zero-order valence-electron chi connectivity index (χ0n) is 11.3. The van der Waals surface area contributed by atoms with Crippen LogP contribution >= 0.6 is 11.6 Å². The lowest BCUT2D eigenvalue weighted by Crippen LogP contribution is -2.21. The summed E-state index contributed by atoms with van der Waals surface area (Å²) < 4.78 is 0. The number of anilines is 2. The van der Waals surface area contributed by atoms with Crippen molar-refractivity contribution in [3.05, 3.63) is 59.1 Å². The molecule has 0 heterocycles. The topological polar surface area (TPSA) is 41.1 Å². The van der Waals surface area contributed by atoms with Crippen molar-refractivity contribution in [1.82, 2.24) is 0 Å². The predicted molar refractivity (Wildman–Crippen MR) is 84.4 cm³/mol. The highest BCUT2D eigenvalue weighted by Gasteiger charge is 2.03. The number of carbonyl (C=O) groups is 1. The molecule has 0 aliphatic carbocycles. The second-order valence-corrected chi connectivity index (χ2v) is 4.90. The minimum Gasteiger partial charge on any atom is -0.376 e. The normalized spacial score (nSPS) is 10.1. The van der Waals surface area contributed by atoms with Gasteiger partial charge in [-0.2, -0.15) is 0 Å². The summed E-state index contributed by atoms with van der Waals surface area (Å²) in [4.78, 5) is 11.8. The summed E-state index contributed by atoms with van der Waals surface area (Å²) in [7, 11) is 0. The van der Waals surface area contributed by atoms with Crippen LogP contribution in [0.4, 0.5) is 11.4 Å². The van der Waals surface area contributed by atoms with Gasteiger partial charge in [-0.25, -0.2) is 0 Å². The second kappa shape index (κ2) is 6.96. The highest BCUT2D eigenvalue weighted by atomic mass is 35.5. The van der Waals surface area contributed by atoms with Gasteiger partial charge in [0.15, 0.2) is 0 Å². The summed E-state index contributed by atoms with van der Waals surface area (Å²) in [5.74, 6) is -0.103. The Morgan fingerprint density at radius 3 is 2.60 bits per heavy atom. The fraction of sp³-hybridized carbons (Fsp3) is 0.188. The third-order valence-electron chi connectivity index (χ3n) is 2.90. The average Bonchev–Trinajstić information content (AvgIpc) is 2.45. The van der Waals surface area contributed by atoms with Crippen LogP contribution in [0.25, 0.3) is 0 Å². The number of hydrogen-bond donors (Lipinski definition) is 2. The van der Waals surface area contributed by atoms with Gasteiger partial charge in [-0.15, -0.1) is 0 Å². The summed E-state index contributed by atoms with van der Waals surface area (Å²) in [5.41, 5.74) is 2.89. The largest absolute Gasteiger partial charge is 0.376 e. The Morgan fingerprint density at radius 2 is 1.85 bits per heavy atom. The Bertz CT molecular complexity index is 599. The molecule has 0 aliphatic heterocycles. The lowest BCUT2D eigenvalue weighted by molar-refractivity contribution is -0.114. The predicted octanol–water partition coefficient (Wildman–Crippen LogP) is 3.95. The van der Waals surface area contributed by atoms with E-state index >= 15 is 0 Å². The van der Waals surface area contributed by atoms with E-state index in [4.69, 9.17) is 11.6 Å². The van der Waals surface area contributed by atoms with Crippen LogP contribution in [0.2, 0.25) is 5.02 Å². The van der Waals surface area contributed by atoms with E-state index < -0.39 is 0 Å². The SMILES string of the molecule is CCc1cccc(NCC(=O)Nc2cccc(Cl)c2)c1. The molecule has 0 aromatic heterocycles. The third kappa shape index (κ3) is 4.28. The lowest BCUT2D eigenvalue weighted by Gasteiger charge is -2.09. The lowest BCUT2D eigenvalue weighted by atomic mass is 10.1. The van der Waals surface area contributed by atoms with E-state index in [0.29, 0.717) is 10.7 Å². The molecule has 0 fully saturated rings. The molecule has 3 nitrogen and oxygen atoms in total. The van der Waals surface area contributed by atoms with Crippen LogP contribution in [0.1, 0.15) is 12.5 Å². The highest BCUT2D eigenvalue weighted by molar-refractivity contribution is 6.30. The molecule has 0 atom stereocenters. The third-order valence-corrected chi connectivity index (χ3v) is 3.13. The first kappa shape index (κ1) is 14.4. The van der Waals surface area contributed by atoms with Gasteiger partial charge in [0.1, 0.15) is 0 Å². The van der Waals surface area contributed by atoms with Gasteiger partial charge in [0.25, 0.3) is 0 Å². The Labute approximate surface area is 124 Å². The Kier molecular flexibility index (Phi) is 5.02. The van der Waals surface area contributed by atoms with E-state index in [9.17, 15) is 4.79 Å². The number of amides is 1. The van der Waals surface area contributed by atoms with Gasteiger partial charge in [-0.1, -0.05) is 36.7 Å². The van der Waals surface area contributed by atoms with Crippen LogP contribution < -0.4 is 10.6 Å². The molecule has 2 aromatic carbocycles. The summed E-state index contributed by atoms with van der Waals surface area (Å²) in [6, 6.07) is 15.1. The molecular formula is C16H17ClN2O. The number of benzene rings is 2. The fourth-order valence-corrected chi connectivity index (χ4v) is 2.05. The monoisotopic (exact) mass is 288 g/mol. The molecule has 0 radical (unpaired) electrons. The molecule has 2 aromatic rings. The minimum absolute atomic E-state index is 0.103. The number of nitrogens with one attached hydrogen (secondary N) is 2. The maximum Gasteiger partial charge on any atom is 0.243 e. The van der Waals surface area contributed by atoms with Crippen LogP contribution in [-0.2, 0) is 11.2 Å². The first-order valence-corrected chi connectivity index (χ1v) is 6.93. The molecule has 0 bridgehead atoms. The molecule has 0 saturated carbocycles. The molecule has 20 heavy (non-hydrogen) atoms. The summed E-state index contributed by atoms with van der Waals surface area (Å²) in [5, 5.41) is 6.51. The van der Waals surface area contributed by atoms with Crippen molar-refractivity contribution in [3.63, 3.8) is 0 Å². The van der Waals surface area contributed by atoms with E-state index in [1.807, 2.05) is 24.3 Å². The molecular weight excluding hydrogens is 272 g/mol. The number of halogens is 1. The van der Waals surface area contributed by atoms with Gasteiger partial charge >= 0.3 is 0 Å². The van der Waals surface area contributed by atoms with Crippen molar-refractivity contribution < 1.29 is 4.79 Å². The standard InChI is InChI=1S/C16H17ClN2O/c1-2-12-5-3-7-14(9-12)18-11-16(20)19-15-8-4-6-13(17)10-15/h3-10,18H,2,11H2,1H3,(H,19,20). The molecule has 0 unspecified atom stereocenters. The van der Waals surface area contributed by atoms with Crippen molar-refractivity contribution in [2.24, 2.45) is 0 Å². The van der Waals surface area contributed by atoms with Crippen LogP contribution in [0.3, 0.4) is 0 Å². The van der Waals surface area contributed by atoms with Gasteiger partial charge in [-0.3, -0.25) is 4.79 Å². The van der Waals surface area contributed by atoms with Crippen LogP contribution in [0.5, 0.6) is 0 Å². The van der Waals surface area contributed by atoms with E-state index in [1.165, 1.54) is 5.56 Å². The average molecular weight is 289 g/mol. The molecule has 0 aliphatic rings. The Morgan fingerprint density at radius 1 is 1.10 bits per heavy atom. The molecule has 4 heteroatoms. The smallest absolute Gasteiger partial charge is 0.243 e. The van der Waals surface area contributed by atoms with E-state index in [1.54, 1.807) is 18.2 Å². The van der Waals surface area contributed by atoms with Crippen molar-refractivity contribution in [2.45, 2.75) is 13.3 Å². The van der Waals surface area contributed by atoms with Crippen LogP contribution in [0, 0.1) is 0 Å². The summed E-state index contributed by atoms with van der Waals surface area (Å²) >= 11 is 5.87. The molecule has 2 rings (SSSR count). The van der Waals surface area contributed by atoms with E-state index in [0.717, 1.165) is 12.1 Å². The van der Waals surface area contributed by atoms with E-state index in [2.05, 4.69) is 23.6 Å². The number of aryl methyl sites for hydroxylation is 1. The molecule has 1 amide bonds. The van der Waals surface area contributed by atoms with Crippen LogP contribution in [-0.4, -0.2) is 12.5 Å². The van der Waals surface area contributed by atoms with Gasteiger partial charge < -0.3 is 10.6 Å². The van der Waals surface area contributed by atoms with Gasteiger partial charge in [0.2, 0.25) is 5.91 Å². The van der Waals surface area contributed by atoms with Crippen molar-refractivity contribution in [3.8, 4) is 0 Å². The van der Waals surface area contributed by atoms with Crippen molar-refractivity contribution in [1.29, 1.82) is 0 Å². The van der Waals surface area contributed by atoms with Crippen molar-refractivity contribution in [2.75, 3.05) is 17.2 Å². The van der Waals surface area contributed by atoms with Gasteiger partial charge in [0, 0.05) is 16.4 Å². The summed E-state index contributed by atoms with van der Waals surface area (Å²) in [6.07, 6.45) is 0.976. The molecule has 104 valence electrons. The van der Waals surface area contributed by atoms with Crippen molar-refractivity contribution >= 4 is 28.9 Å². The second-order valence-electron chi connectivity index (χ2n) is 4.47. The van der Waals surface area contributed by atoms with E-state index in [-0.39, 0.29) is 12.5 Å². The molecule has 2 N–H and O–H groups in total. The number of carbonyl (C=O) groups excluding carboxylic acids is 1. The Hall–Kier alpha value is -2.00. The van der Waals surface area contributed by atoms with Gasteiger partial charge in [-0.05, 0) is 42.3 Å². The first-order chi connectivity index (χ1) is 9.67. The Balaban J connectivity index is 1.88. The quantitative estimate of drug-likeness (QED) is 0.874. The maximum atomic E-state index is 11.8. The number of rotatable bonds is 5. The van der Waals surface area contributed by atoms with Gasteiger partial charge in [0.05, 0.1) is 6.54 Å². The maximum absolute atomic E-state index is 11.8. The summed E-state index contributed by atoms with van der Waals surface area (Å²) in [6.45, 7) is 2.32. The fourth-order valence-electron chi connectivity index (χ4n) is 1.85. The highest BCUT2D eigenvalue weighted by Crippen LogP contribution is 2.15. The molecule has 0 spiro atoms. The van der Waals surface area contributed by atoms with Crippen LogP contribution in [0.15, 0.2) is 48.5 Å². The molecule has 0 saturated heterocycles. The first-order valence-electron chi connectivity index (χ1n) is 6.55.